The third-order valence-corrected chi connectivity index (χ3v) is 16.2. The maximum absolute atomic E-state index is 12.9. The number of carbonyl (C=O) groups excluding carboxylic acids is 3. The Morgan fingerprint density at radius 3 is 0.675 bits per heavy atom. The van der Waals surface area contributed by atoms with Crippen LogP contribution in [0.4, 0.5) is 0 Å². The van der Waals surface area contributed by atoms with Gasteiger partial charge in [0.1, 0.15) is 13.2 Å². The van der Waals surface area contributed by atoms with E-state index in [1.54, 1.807) is 0 Å². The van der Waals surface area contributed by atoms with Gasteiger partial charge >= 0.3 is 17.9 Å². The van der Waals surface area contributed by atoms with Crippen LogP contribution in [-0.2, 0) is 28.6 Å². The lowest BCUT2D eigenvalue weighted by Crippen LogP contribution is -2.30. The third kappa shape index (κ3) is 69.5. The van der Waals surface area contributed by atoms with Crippen LogP contribution in [-0.4, -0.2) is 37.2 Å². The minimum atomic E-state index is -0.772. The van der Waals surface area contributed by atoms with Crippen molar-refractivity contribution in [1.29, 1.82) is 0 Å². The van der Waals surface area contributed by atoms with Gasteiger partial charge in [0.15, 0.2) is 6.10 Å². The highest BCUT2D eigenvalue weighted by molar-refractivity contribution is 5.71. The van der Waals surface area contributed by atoms with Crippen molar-refractivity contribution < 1.29 is 28.6 Å². The highest BCUT2D eigenvalue weighted by atomic mass is 16.6. The third-order valence-electron chi connectivity index (χ3n) is 16.2. The van der Waals surface area contributed by atoms with Crippen molar-refractivity contribution in [1.82, 2.24) is 0 Å². The van der Waals surface area contributed by atoms with Gasteiger partial charge in [-0.25, -0.2) is 0 Å². The second-order valence-corrected chi connectivity index (χ2v) is 24.5. The van der Waals surface area contributed by atoms with Gasteiger partial charge in [-0.05, 0) is 96.3 Å². The molecule has 6 nitrogen and oxygen atoms in total. The summed E-state index contributed by atoms with van der Waals surface area (Å²) in [5, 5.41) is 0. The number of allylic oxidation sites excluding steroid dienone is 12. The summed E-state index contributed by atoms with van der Waals surface area (Å²) >= 11 is 0. The van der Waals surface area contributed by atoms with Crippen molar-refractivity contribution >= 4 is 17.9 Å². The largest absolute Gasteiger partial charge is 0.462 e. The Morgan fingerprint density at radius 2 is 0.434 bits per heavy atom. The lowest BCUT2D eigenvalue weighted by Gasteiger charge is -2.18. The van der Waals surface area contributed by atoms with Crippen LogP contribution in [0.3, 0.4) is 0 Å². The molecule has 0 N–H and O–H groups in total. The van der Waals surface area contributed by atoms with E-state index in [1.807, 2.05) is 0 Å². The molecule has 0 radical (unpaired) electrons. The van der Waals surface area contributed by atoms with Crippen molar-refractivity contribution in [3.05, 3.63) is 72.9 Å². The molecule has 0 saturated carbocycles. The van der Waals surface area contributed by atoms with E-state index in [0.717, 1.165) is 89.9 Å². The summed E-state index contributed by atoms with van der Waals surface area (Å²) in [6.07, 6.45) is 94.2. The molecule has 1 atom stereocenters. The maximum atomic E-state index is 12.9. The van der Waals surface area contributed by atoms with Crippen LogP contribution in [0.2, 0.25) is 0 Å². The Bertz CT molecular complexity index is 1520. The summed E-state index contributed by atoms with van der Waals surface area (Å²) in [6.45, 7) is 6.58. The molecule has 0 aliphatic rings. The minimum absolute atomic E-state index is 0.0719. The van der Waals surface area contributed by atoms with Crippen LogP contribution in [0.5, 0.6) is 0 Å². The quantitative estimate of drug-likeness (QED) is 0.0261. The summed E-state index contributed by atoms with van der Waals surface area (Å²) < 4.78 is 16.8. The van der Waals surface area contributed by atoms with E-state index in [2.05, 4.69) is 93.7 Å². The Morgan fingerprint density at radius 1 is 0.241 bits per heavy atom. The number of hydrogen-bond acceptors (Lipinski definition) is 6. The summed E-state index contributed by atoms with van der Waals surface area (Å²) in [4.78, 5) is 38.1. The summed E-state index contributed by atoms with van der Waals surface area (Å²) in [7, 11) is 0. The molecule has 0 saturated heterocycles. The Labute approximate surface area is 516 Å². The second kappa shape index (κ2) is 71.3. The molecular formula is C77H138O6. The minimum Gasteiger partial charge on any atom is -0.462 e. The van der Waals surface area contributed by atoms with Crippen LogP contribution in [0.15, 0.2) is 72.9 Å². The van der Waals surface area contributed by atoms with Gasteiger partial charge in [0, 0.05) is 19.3 Å². The van der Waals surface area contributed by atoms with Gasteiger partial charge in [0.25, 0.3) is 0 Å². The smallest absolute Gasteiger partial charge is 0.306 e. The molecule has 0 aliphatic heterocycles. The molecule has 0 aromatic heterocycles. The van der Waals surface area contributed by atoms with Crippen molar-refractivity contribution in [2.75, 3.05) is 13.2 Å². The topological polar surface area (TPSA) is 78.9 Å². The van der Waals surface area contributed by atoms with Crippen molar-refractivity contribution in [2.24, 2.45) is 0 Å². The molecule has 1 unspecified atom stereocenters. The summed E-state index contributed by atoms with van der Waals surface area (Å²) in [5.41, 5.74) is 0. The van der Waals surface area contributed by atoms with E-state index < -0.39 is 6.10 Å². The van der Waals surface area contributed by atoms with Crippen molar-refractivity contribution in [3.63, 3.8) is 0 Å². The first-order valence-corrected chi connectivity index (χ1v) is 36.4. The number of rotatable bonds is 67. The first-order valence-electron chi connectivity index (χ1n) is 36.4. The number of hydrogen-bond donors (Lipinski definition) is 0. The van der Waals surface area contributed by atoms with E-state index in [0.29, 0.717) is 19.3 Å². The fourth-order valence-electron chi connectivity index (χ4n) is 10.7. The molecular weight excluding hydrogens is 1020 g/mol. The van der Waals surface area contributed by atoms with Crippen LogP contribution >= 0.6 is 0 Å². The van der Waals surface area contributed by atoms with Gasteiger partial charge in [-0.3, -0.25) is 14.4 Å². The molecule has 0 bridgehead atoms. The summed E-state index contributed by atoms with van der Waals surface area (Å²) in [5.74, 6) is -0.868. The van der Waals surface area contributed by atoms with E-state index in [4.69, 9.17) is 14.2 Å². The molecule has 0 aliphatic carbocycles. The van der Waals surface area contributed by atoms with Crippen LogP contribution in [0.1, 0.15) is 380 Å². The molecule has 0 rings (SSSR count). The van der Waals surface area contributed by atoms with Crippen molar-refractivity contribution in [3.8, 4) is 0 Å². The molecule has 0 heterocycles. The van der Waals surface area contributed by atoms with E-state index >= 15 is 0 Å². The average Bonchev–Trinajstić information content (AvgIpc) is 3.49. The SMILES string of the molecule is CCCCCCC/C=C\C/C=C\C/C=C\CCCCCCCCCCCCCCCCCCC(=O)OCC(COC(=O)CCCCCCC)OC(=O)CCCCCCCCCCCCCCCC/C=C\C/C=C\C/C=C\CCCCCCC. The lowest BCUT2D eigenvalue weighted by molar-refractivity contribution is -0.167. The van der Waals surface area contributed by atoms with Gasteiger partial charge in [-0.15, -0.1) is 0 Å². The molecule has 0 aromatic rings. The number of ether oxygens (including phenoxy) is 3. The van der Waals surface area contributed by atoms with E-state index in [9.17, 15) is 14.4 Å². The molecule has 0 aromatic carbocycles. The normalized spacial score (nSPS) is 12.5. The predicted octanol–water partition coefficient (Wildman–Crippen LogP) is 25.2. The molecule has 0 fully saturated rings. The first kappa shape index (κ1) is 79.8. The zero-order valence-corrected chi connectivity index (χ0v) is 55.5. The van der Waals surface area contributed by atoms with Crippen LogP contribution < -0.4 is 0 Å². The van der Waals surface area contributed by atoms with Gasteiger partial charge in [-0.1, -0.05) is 338 Å². The van der Waals surface area contributed by atoms with E-state index in [-0.39, 0.29) is 31.1 Å². The molecule has 0 spiro atoms. The van der Waals surface area contributed by atoms with Gasteiger partial charge < -0.3 is 14.2 Å². The van der Waals surface area contributed by atoms with Gasteiger partial charge in [-0.2, -0.15) is 0 Å². The predicted molar refractivity (Wildman–Crippen MR) is 362 cm³/mol. The zero-order valence-electron chi connectivity index (χ0n) is 55.5. The number of unbranched alkanes of at least 4 members (excludes halogenated alkanes) is 44. The Hall–Kier alpha value is -3.15. The Balaban J connectivity index is 3.95. The van der Waals surface area contributed by atoms with Crippen molar-refractivity contribution in [2.45, 2.75) is 386 Å². The lowest BCUT2D eigenvalue weighted by atomic mass is 10.0. The van der Waals surface area contributed by atoms with Crippen LogP contribution in [0, 0.1) is 0 Å². The fourth-order valence-corrected chi connectivity index (χ4v) is 10.7. The standard InChI is InChI=1S/C77H138O6/c1-4-7-10-13-15-17-19-21-23-25-27-29-31-33-35-37-38-40-41-43-45-47-49-51-53-55-57-59-61-64-67-70-76(79)82-73-74(72-81-75(78)69-66-63-12-9-6-3)83-77(80)71-68-65-62-60-58-56-54-52-50-48-46-44-42-39-36-34-32-30-28-26-24-22-20-18-16-14-11-8-5-2/h19-22,25-28,31-34,74H,4-18,23-24,29-30,35-73H2,1-3H3/b21-19-,22-20-,27-25-,28-26-,33-31-,34-32-. The summed E-state index contributed by atoms with van der Waals surface area (Å²) in [6, 6.07) is 0. The monoisotopic (exact) mass is 1160 g/mol. The first-order chi connectivity index (χ1) is 41.0. The average molecular weight is 1160 g/mol. The Kier molecular flexibility index (Phi) is 68.6. The fraction of sp³-hybridized carbons (Fsp3) is 0.805. The second-order valence-electron chi connectivity index (χ2n) is 24.5. The number of carbonyl (C=O) groups is 3. The maximum Gasteiger partial charge on any atom is 0.306 e. The molecule has 83 heavy (non-hydrogen) atoms. The highest BCUT2D eigenvalue weighted by Gasteiger charge is 2.19. The highest BCUT2D eigenvalue weighted by Crippen LogP contribution is 2.18. The van der Waals surface area contributed by atoms with Gasteiger partial charge in [0.05, 0.1) is 0 Å². The van der Waals surface area contributed by atoms with Gasteiger partial charge in [0.2, 0.25) is 0 Å². The zero-order chi connectivity index (χ0) is 59.9. The molecule has 0 amide bonds. The van der Waals surface area contributed by atoms with Crippen LogP contribution in [0.25, 0.3) is 0 Å². The number of esters is 3. The molecule has 6 heteroatoms. The van der Waals surface area contributed by atoms with E-state index in [1.165, 1.54) is 250 Å². The molecule has 482 valence electrons.